The average molecular weight is 136 g/mol. The highest BCUT2D eigenvalue weighted by atomic mass is 16.3. The van der Waals surface area contributed by atoms with Gasteiger partial charge in [-0.2, -0.15) is 4.98 Å². The van der Waals surface area contributed by atoms with Crippen molar-refractivity contribution in [3.8, 4) is 5.88 Å². The molecule has 0 unspecified atom stereocenters. The van der Waals surface area contributed by atoms with E-state index in [4.69, 9.17) is 5.11 Å². The van der Waals surface area contributed by atoms with Crippen molar-refractivity contribution in [3.63, 3.8) is 0 Å². The summed E-state index contributed by atoms with van der Waals surface area (Å²) in [6.45, 7) is 0. The Balaban J connectivity index is 3.06. The Morgan fingerprint density at radius 3 is 3.10 bits per heavy atom. The molecule has 0 aliphatic carbocycles. The molecule has 0 saturated carbocycles. The van der Waals surface area contributed by atoms with Gasteiger partial charge in [0, 0.05) is 12.3 Å². The van der Waals surface area contributed by atoms with Crippen LogP contribution in [0.5, 0.6) is 5.88 Å². The average Bonchev–Trinajstić information content (AvgIpc) is 1.88. The molecule has 0 atom stereocenters. The molecule has 0 aliphatic rings. The highest BCUT2D eigenvalue weighted by Crippen LogP contribution is 2.00. The Labute approximate surface area is 56.9 Å². The largest absolute Gasteiger partial charge is 0.493 e. The first-order chi connectivity index (χ1) is 4.83. The molecule has 0 saturated heterocycles. The van der Waals surface area contributed by atoms with E-state index in [1.54, 1.807) is 0 Å². The van der Waals surface area contributed by atoms with Gasteiger partial charge in [-0.1, -0.05) is 0 Å². The summed E-state index contributed by atoms with van der Waals surface area (Å²) in [5.41, 5.74) is 0. The summed E-state index contributed by atoms with van der Waals surface area (Å²) in [5.74, 6) is 1.51. The molecule has 0 aromatic carbocycles. The molecule has 0 aliphatic heterocycles. The molecular weight excluding hydrogens is 132 g/mol. The van der Waals surface area contributed by atoms with Gasteiger partial charge in [0.15, 0.2) is 5.82 Å². The molecule has 1 aromatic rings. The molecule has 0 bridgehead atoms. The zero-order chi connectivity index (χ0) is 7.40. The number of hydrogen-bond donors (Lipinski definition) is 1. The fraction of sp³-hybridized carbons (Fsp3) is 0. The Morgan fingerprint density at radius 1 is 1.70 bits per heavy atom. The monoisotopic (exact) mass is 136 g/mol. The third-order valence-corrected chi connectivity index (χ3v) is 0.848. The minimum Gasteiger partial charge on any atom is -0.493 e. The topological polar surface area (TPSA) is 63.1 Å². The van der Waals surface area contributed by atoms with Crippen LogP contribution in [0.25, 0.3) is 6.08 Å². The van der Waals surface area contributed by atoms with Crippen LogP contribution in [0.3, 0.4) is 0 Å². The van der Waals surface area contributed by atoms with Gasteiger partial charge in [0.1, 0.15) is 5.94 Å². The molecule has 50 valence electrons. The van der Waals surface area contributed by atoms with Gasteiger partial charge in [0.25, 0.3) is 0 Å². The van der Waals surface area contributed by atoms with E-state index < -0.39 is 0 Å². The van der Waals surface area contributed by atoms with Crippen LogP contribution in [0, 0.1) is 0 Å². The first kappa shape index (κ1) is 6.45. The lowest BCUT2D eigenvalue weighted by Crippen LogP contribution is -1.84. The van der Waals surface area contributed by atoms with E-state index in [0.717, 1.165) is 6.08 Å². The maximum Gasteiger partial charge on any atom is 0.214 e. The number of nitrogens with zero attached hydrogens (tertiary/aromatic N) is 2. The van der Waals surface area contributed by atoms with Crippen LogP contribution in [-0.2, 0) is 4.79 Å². The second-order valence-corrected chi connectivity index (χ2v) is 1.54. The Bertz CT molecular complexity index is 279. The van der Waals surface area contributed by atoms with Crippen molar-refractivity contribution in [1.29, 1.82) is 0 Å². The minimum atomic E-state index is -0.156. The SMILES string of the molecule is O=C=Cc1nccc(O)n1. The maximum absolute atomic E-state index is 9.74. The highest BCUT2D eigenvalue weighted by Gasteiger charge is 1.90. The Kier molecular flexibility index (Phi) is 1.78. The lowest BCUT2D eigenvalue weighted by molar-refractivity contribution is 0.451. The minimum absolute atomic E-state index is 0.156. The van der Waals surface area contributed by atoms with Gasteiger partial charge in [-0.15, -0.1) is 0 Å². The Morgan fingerprint density at radius 2 is 2.50 bits per heavy atom. The van der Waals surface area contributed by atoms with Crippen LogP contribution >= 0.6 is 0 Å². The molecule has 0 amide bonds. The van der Waals surface area contributed by atoms with Crippen LogP contribution in [0.15, 0.2) is 12.3 Å². The van der Waals surface area contributed by atoms with Gasteiger partial charge in [-0.25, -0.2) is 9.78 Å². The second kappa shape index (κ2) is 2.75. The molecule has 1 aromatic heterocycles. The van der Waals surface area contributed by atoms with Crippen LogP contribution < -0.4 is 0 Å². The molecule has 1 heterocycles. The standard InChI is InChI=1S/C6H4N2O2/c9-4-2-5-7-3-1-6(10)8-5/h1-3H,(H,7,8,10). The summed E-state index contributed by atoms with van der Waals surface area (Å²) in [5, 5.41) is 8.74. The van der Waals surface area contributed by atoms with Crippen molar-refractivity contribution in [2.45, 2.75) is 0 Å². The van der Waals surface area contributed by atoms with Gasteiger partial charge in [0.05, 0.1) is 6.08 Å². The molecular formula is C6H4N2O2. The summed E-state index contributed by atoms with van der Waals surface area (Å²) in [7, 11) is 0. The molecule has 4 nitrogen and oxygen atoms in total. The summed E-state index contributed by atoms with van der Waals surface area (Å²) in [4.78, 5) is 16.9. The Hall–Kier alpha value is -1.67. The van der Waals surface area contributed by atoms with Crippen molar-refractivity contribution in [1.82, 2.24) is 9.97 Å². The smallest absolute Gasteiger partial charge is 0.214 e. The van der Waals surface area contributed by atoms with Crippen LogP contribution in [0.1, 0.15) is 5.82 Å². The van der Waals surface area contributed by atoms with Gasteiger partial charge in [0.2, 0.25) is 5.88 Å². The molecule has 10 heavy (non-hydrogen) atoms. The number of rotatable bonds is 1. The lowest BCUT2D eigenvalue weighted by Gasteiger charge is -1.88. The number of aromatic nitrogens is 2. The molecule has 4 heteroatoms. The zero-order valence-electron chi connectivity index (χ0n) is 4.98. The molecule has 0 spiro atoms. The van der Waals surface area contributed by atoms with E-state index in [1.807, 2.05) is 0 Å². The van der Waals surface area contributed by atoms with Gasteiger partial charge in [-0.05, 0) is 0 Å². The van der Waals surface area contributed by atoms with Gasteiger partial charge < -0.3 is 5.11 Å². The summed E-state index contributed by atoms with van der Waals surface area (Å²) < 4.78 is 0. The van der Waals surface area contributed by atoms with E-state index in [-0.39, 0.29) is 11.7 Å². The molecule has 0 radical (unpaired) electrons. The summed E-state index contributed by atoms with van der Waals surface area (Å²) >= 11 is 0. The first-order valence-corrected chi connectivity index (χ1v) is 2.56. The van der Waals surface area contributed by atoms with Crippen LogP contribution in [-0.4, -0.2) is 21.0 Å². The number of hydrogen-bond acceptors (Lipinski definition) is 4. The normalized spacial score (nSPS) is 8.40. The highest BCUT2D eigenvalue weighted by molar-refractivity contribution is 5.71. The van der Waals surface area contributed by atoms with Crippen molar-refractivity contribution in [2.75, 3.05) is 0 Å². The van der Waals surface area contributed by atoms with E-state index in [9.17, 15) is 4.79 Å². The van der Waals surface area contributed by atoms with Gasteiger partial charge in [-0.3, -0.25) is 0 Å². The first-order valence-electron chi connectivity index (χ1n) is 2.56. The fourth-order valence-electron chi connectivity index (χ4n) is 0.486. The lowest BCUT2D eigenvalue weighted by atomic mass is 10.5. The van der Waals surface area contributed by atoms with Crippen molar-refractivity contribution >= 4 is 12.0 Å². The predicted octanol–water partition coefficient (Wildman–Crippen LogP) is 0.0270. The third kappa shape index (κ3) is 1.40. The third-order valence-electron chi connectivity index (χ3n) is 0.848. The van der Waals surface area contributed by atoms with E-state index in [0.29, 0.717) is 0 Å². The molecule has 1 N–H and O–H groups in total. The predicted molar refractivity (Wildman–Crippen MR) is 33.9 cm³/mol. The number of aromatic hydroxyl groups is 1. The number of carbonyl (C=O) groups excluding carboxylic acids is 1. The molecule has 0 fully saturated rings. The maximum atomic E-state index is 9.74. The van der Waals surface area contributed by atoms with Crippen molar-refractivity contribution < 1.29 is 9.90 Å². The van der Waals surface area contributed by atoms with Crippen molar-refractivity contribution in [3.05, 3.63) is 18.1 Å². The van der Waals surface area contributed by atoms with E-state index >= 15 is 0 Å². The summed E-state index contributed by atoms with van der Waals surface area (Å²) in [6, 6.07) is 1.32. The van der Waals surface area contributed by atoms with E-state index in [2.05, 4.69) is 9.97 Å². The summed E-state index contributed by atoms with van der Waals surface area (Å²) in [6.07, 6.45) is 2.39. The van der Waals surface area contributed by atoms with Gasteiger partial charge >= 0.3 is 0 Å². The molecule has 1 rings (SSSR count). The second-order valence-electron chi connectivity index (χ2n) is 1.54. The van der Waals surface area contributed by atoms with E-state index in [1.165, 1.54) is 18.2 Å². The quantitative estimate of drug-likeness (QED) is 0.553. The van der Waals surface area contributed by atoms with Crippen LogP contribution in [0.4, 0.5) is 0 Å². The zero-order valence-corrected chi connectivity index (χ0v) is 4.98. The van der Waals surface area contributed by atoms with Crippen LogP contribution in [0.2, 0.25) is 0 Å². The van der Waals surface area contributed by atoms with Crippen molar-refractivity contribution in [2.24, 2.45) is 0 Å². The fourth-order valence-corrected chi connectivity index (χ4v) is 0.486.